The average Bonchev–Trinajstić information content (AvgIpc) is 2.01. The molecule has 0 aliphatic carbocycles. The lowest BCUT2D eigenvalue weighted by Crippen LogP contribution is -2.49. The fourth-order valence-corrected chi connectivity index (χ4v) is 1.92. The summed E-state index contributed by atoms with van der Waals surface area (Å²) in [4.78, 5) is 2.41. The Morgan fingerprint density at radius 3 is 2.75 bits per heavy atom. The Labute approximate surface area is 75.4 Å². The minimum atomic E-state index is 0.358. The summed E-state index contributed by atoms with van der Waals surface area (Å²) in [5.41, 5.74) is 5.93. The first-order chi connectivity index (χ1) is 5.63. The van der Waals surface area contributed by atoms with E-state index in [1.54, 1.807) is 0 Å². The SMILES string of the molecule is C=CC(C)N1CC(C)CC(N)C1. The van der Waals surface area contributed by atoms with Crippen LogP contribution < -0.4 is 5.73 Å². The van der Waals surface area contributed by atoms with E-state index in [-0.39, 0.29) is 0 Å². The molecule has 1 heterocycles. The molecule has 1 rings (SSSR count). The van der Waals surface area contributed by atoms with Crippen molar-refractivity contribution in [1.29, 1.82) is 0 Å². The second-order valence-electron chi connectivity index (χ2n) is 4.03. The highest BCUT2D eigenvalue weighted by atomic mass is 15.2. The van der Waals surface area contributed by atoms with Gasteiger partial charge >= 0.3 is 0 Å². The van der Waals surface area contributed by atoms with Crippen LogP contribution in [0, 0.1) is 5.92 Å². The van der Waals surface area contributed by atoms with Gasteiger partial charge in [0.05, 0.1) is 0 Å². The van der Waals surface area contributed by atoms with Crippen LogP contribution in [0.25, 0.3) is 0 Å². The normalized spacial score (nSPS) is 34.6. The molecular weight excluding hydrogens is 148 g/mol. The highest BCUT2D eigenvalue weighted by molar-refractivity contribution is 4.89. The van der Waals surface area contributed by atoms with Crippen LogP contribution in [-0.2, 0) is 0 Å². The van der Waals surface area contributed by atoms with Gasteiger partial charge in [-0.1, -0.05) is 13.0 Å². The standard InChI is InChI=1S/C10H20N2/c1-4-9(3)12-6-8(2)5-10(11)7-12/h4,8-10H,1,5-7,11H2,2-3H3. The first kappa shape index (κ1) is 9.75. The predicted octanol–water partition coefficient (Wildman–Crippen LogP) is 1.23. The van der Waals surface area contributed by atoms with Gasteiger partial charge < -0.3 is 5.73 Å². The molecule has 0 saturated carbocycles. The van der Waals surface area contributed by atoms with Crippen molar-refractivity contribution in [3.05, 3.63) is 12.7 Å². The van der Waals surface area contributed by atoms with Crippen molar-refractivity contribution >= 4 is 0 Å². The molecule has 0 aromatic heterocycles. The van der Waals surface area contributed by atoms with Crippen LogP contribution in [-0.4, -0.2) is 30.1 Å². The van der Waals surface area contributed by atoms with Crippen LogP contribution >= 0.6 is 0 Å². The summed E-state index contributed by atoms with van der Waals surface area (Å²) in [5, 5.41) is 0. The largest absolute Gasteiger partial charge is 0.327 e. The molecule has 1 aliphatic heterocycles. The molecular formula is C10H20N2. The van der Waals surface area contributed by atoms with Gasteiger partial charge in [0.25, 0.3) is 0 Å². The molecule has 12 heavy (non-hydrogen) atoms. The number of likely N-dealkylation sites (tertiary alicyclic amines) is 1. The second-order valence-corrected chi connectivity index (χ2v) is 4.03. The number of piperidine rings is 1. The third kappa shape index (κ3) is 2.32. The number of nitrogens with two attached hydrogens (primary N) is 1. The van der Waals surface area contributed by atoms with Gasteiger partial charge in [0.15, 0.2) is 0 Å². The molecule has 0 aromatic rings. The molecule has 2 N–H and O–H groups in total. The summed E-state index contributed by atoms with van der Waals surface area (Å²) >= 11 is 0. The van der Waals surface area contributed by atoms with Gasteiger partial charge in [0, 0.05) is 25.2 Å². The van der Waals surface area contributed by atoms with Crippen LogP contribution in [0.3, 0.4) is 0 Å². The molecule has 3 atom stereocenters. The van der Waals surface area contributed by atoms with E-state index in [4.69, 9.17) is 5.73 Å². The third-order valence-corrected chi connectivity index (χ3v) is 2.64. The number of hydrogen-bond acceptors (Lipinski definition) is 2. The first-order valence-electron chi connectivity index (χ1n) is 4.75. The van der Waals surface area contributed by atoms with Crippen LogP contribution in [0.1, 0.15) is 20.3 Å². The summed E-state index contributed by atoms with van der Waals surface area (Å²) in [6, 6.07) is 0.829. The number of rotatable bonds is 2. The Kier molecular flexibility index (Phi) is 3.29. The topological polar surface area (TPSA) is 29.3 Å². The van der Waals surface area contributed by atoms with Crippen molar-refractivity contribution < 1.29 is 0 Å². The minimum Gasteiger partial charge on any atom is -0.327 e. The van der Waals surface area contributed by atoms with Crippen LogP contribution in [0.4, 0.5) is 0 Å². The van der Waals surface area contributed by atoms with E-state index in [0.717, 1.165) is 12.5 Å². The summed E-state index contributed by atoms with van der Waals surface area (Å²) < 4.78 is 0. The summed E-state index contributed by atoms with van der Waals surface area (Å²) in [6.45, 7) is 10.4. The lowest BCUT2D eigenvalue weighted by molar-refractivity contribution is 0.144. The van der Waals surface area contributed by atoms with Gasteiger partial charge in [-0.2, -0.15) is 0 Å². The Balaban J connectivity index is 2.48. The van der Waals surface area contributed by atoms with Crippen molar-refractivity contribution in [1.82, 2.24) is 4.90 Å². The monoisotopic (exact) mass is 168 g/mol. The van der Waals surface area contributed by atoms with Crippen molar-refractivity contribution in [2.24, 2.45) is 11.7 Å². The van der Waals surface area contributed by atoms with Crippen molar-refractivity contribution in [2.75, 3.05) is 13.1 Å². The fourth-order valence-electron chi connectivity index (χ4n) is 1.92. The molecule has 0 amide bonds. The molecule has 1 fully saturated rings. The zero-order valence-electron chi connectivity index (χ0n) is 8.16. The van der Waals surface area contributed by atoms with E-state index in [0.29, 0.717) is 12.1 Å². The Hall–Kier alpha value is -0.340. The van der Waals surface area contributed by atoms with Crippen molar-refractivity contribution in [3.63, 3.8) is 0 Å². The zero-order valence-corrected chi connectivity index (χ0v) is 8.16. The molecule has 0 radical (unpaired) electrons. The van der Waals surface area contributed by atoms with Crippen LogP contribution in [0.5, 0.6) is 0 Å². The minimum absolute atomic E-state index is 0.358. The van der Waals surface area contributed by atoms with E-state index < -0.39 is 0 Å². The lowest BCUT2D eigenvalue weighted by atomic mass is 9.95. The van der Waals surface area contributed by atoms with Crippen molar-refractivity contribution in [3.8, 4) is 0 Å². The molecule has 70 valence electrons. The van der Waals surface area contributed by atoms with Crippen LogP contribution in [0.15, 0.2) is 12.7 Å². The first-order valence-corrected chi connectivity index (χ1v) is 4.75. The van der Waals surface area contributed by atoms with Gasteiger partial charge in [-0.25, -0.2) is 0 Å². The van der Waals surface area contributed by atoms with E-state index in [2.05, 4.69) is 25.3 Å². The maximum absolute atomic E-state index is 5.93. The molecule has 2 heteroatoms. The Morgan fingerprint density at radius 1 is 1.58 bits per heavy atom. The van der Waals surface area contributed by atoms with Gasteiger partial charge in [0.2, 0.25) is 0 Å². The van der Waals surface area contributed by atoms with Gasteiger partial charge in [-0.05, 0) is 19.3 Å². The molecule has 0 bridgehead atoms. The van der Waals surface area contributed by atoms with Gasteiger partial charge in [-0.3, -0.25) is 4.90 Å². The van der Waals surface area contributed by atoms with Crippen LogP contribution in [0.2, 0.25) is 0 Å². The molecule has 0 spiro atoms. The van der Waals surface area contributed by atoms with E-state index in [9.17, 15) is 0 Å². The van der Waals surface area contributed by atoms with E-state index in [1.165, 1.54) is 13.0 Å². The summed E-state index contributed by atoms with van der Waals surface area (Å²) in [6.07, 6.45) is 3.16. The Bertz CT molecular complexity index is 146. The quantitative estimate of drug-likeness (QED) is 0.628. The zero-order chi connectivity index (χ0) is 9.14. The second kappa shape index (κ2) is 4.06. The molecule has 0 aromatic carbocycles. The molecule has 1 aliphatic rings. The van der Waals surface area contributed by atoms with E-state index >= 15 is 0 Å². The highest BCUT2D eigenvalue weighted by Crippen LogP contribution is 2.17. The number of nitrogens with zero attached hydrogens (tertiary/aromatic N) is 1. The van der Waals surface area contributed by atoms with Gasteiger partial charge in [-0.15, -0.1) is 6.58 Å². The smallest absolute Gasteiger partial charge is 0.0248 e. The Morgan fingerprint density at radius 2 is 2.25 bits per heavy atom. The maximum Gasteiger partial charge on any atom is 0.0248 e. The molecule has 3 unspecified atom stereocenters. The molecule has 1 saturated heterocycles. The fraction of sp³-hybridized carbons (Fsp3) is 0.800. The van der Waals surface area contributed by atoms with Crippen molar-refractivity contribution in [2.45, 2.75) is 32.4 Å². The predicted molar refractivity (Wildman–Crippen MR) is 53.0 cm³/mol. The maximum atomic E-state index is 5.93. The average molecular weight is 168 g/mol. The van der Waals surface area contributed by atoms with Gasteiger partial charge in [0.1, 0.15) is 0 Å². The number of hydrogen-bond donors (Lipinski definition) is 1. The third-order valence-electron chi connectivity index (χ3n) is 2.64. The molecule has 2 nitrogen and oxygen atoms in total. The highest BCUT2D eigenvalue weighted by Gasteiger charge is 2.23. The summed E-state index contributed by atoms with van der Waals surface area (Å²) in [5.74, 6) is 0.733. The lowest BCUT2D eigenvalue weighted by Gasteiger charge is -2.37. The van der Waals surface area contributed by atoms with E-state index in [1.807, 2.05) is 6.08 Å². The summed E-state index contributed by atoms with van der Waals surface area (Å²) in [7, 11) is 0.